The Kier molecular flexibility index (Phi) is 6.02. The molecular weight excluding hydrogens is 470 g/mol. The van der Waals surface area contributed by atoms with Gasteiger partial charge in [-0.1, -0.05) is 66.2 Å². The highest BCUT2D eigenvalue weighted by Gasteiger charge is 2.33. The van der Waals surface area contributed by atoms with Crippen LogP contribution in [0.1, 0.15) is 24.0 Å². The zero-order chi connectivity index (χ0) is 24.6. The molecule has 0 bridgehead atoms. The average molecular weight is 498 g/mol. The summed E-state index contributed by atoms with van der Waals surface area (Å²) < 4.78 is 0. The van der Waals surface area contributed by atoms with Crippen molar-refractivity contribution >= 4 is 34.1 Å². The summed E-state index contributed by atoms with van der Waals surface area (Å²) in [5.41, 5.74) is 5.65. The molecule has 0 aliphatic carbocycles. The third-order valence-electron chi connectivity index (χ3n) is 7.54. The minimum Gasteiger partial charge on any atom is -0.366 e. The molecule has 0 radical (unpaired) electrons. The van der Waals surface area contributed by atoms with Crippen LogP contribution in [0.2, 0.25) is 5.02 Å². The van der Waals surface area contributed by atoms with E-state index in [1.54, 1.807) is 6.07 Å². The molecule has 3 heterocycles. The second-order valence-electron chi connectivity index (χ2n) is 9.80. The van der Waals surface area contributed by atoms with Gasteiger partial charge in [0.25, 0.3) is 5.56 Å². The van der Waals surface area contributed by atoms with Crippen LogP contribution in [0, 0.1) is 5.92 Å². The Balaban J connectivity index is 1.36. The molecule has 2 aliphatic rings. The molecule has 6 rings (SSSR count). The van der Waals surface area contributed by atoms with Crippen molar-refractivity contribution < 1.29 is 4.79 Å². The first-order valence-corrected chi connectivity index (χ1v) is 13.0. The normalized spacial score (nSPS) is 17.8. The van der Waals surface area contributed by atoms with Crippen molar-refractivity contribution in [1.82, 2.24) is 9.88 Å². The molecule has 36 heavy (non-hydrogen) atoms. The number of nitrogens with one attached hydrogen (secondary N) is 1. The van der Waals surface area contributed by atoms with E-state index < -0.39 is 0 Å². The maximum Gasteiger partial charge on any atom is 0.272 e. The van der Waals surface area contributed by atoms with Crippen LogP contribution in [0.15, 0.2) is 77.6 Å². The fourth-order valence-electron chi connectivity index (χ4n) is 5.78. The first-order chi connectivity index (χ1) is 17.6. The van der Waals surface area contributed by atoms with Gasteiger partial charge in [0.1, 0.15) is 5.69 Å². The minimum absolute atomic E-state index is 0.135. The van der Waals surface area contributed by atoms with Crippen molar-refractivity contribution in [2.45, 2.75) is 25.8 Å². The number of hydrogen-bond acceptors (Lipinski definition) is 3. The molecule has 5 nitrogen and oxygen atoms in total. The van der Waals surface area contributed by atoms with Gasteiger partial charge in [-0.25, -0.2) is 0 Å². The summed E-state index contributed by atoms with van der Waals surface area (Å²) in [4.78, 5) is 34.3. The summed E-state index contributed by atoms with van der Waals surface area (Å²) in [5, 5.41) is 1.53. The average Bonchev–Trinajstić information content (AvgIpc) is 2.92. The number of nitrogens with zero attached hydrogens (tertiary/aromatic N) is 2. The maximum atomic E-state index is 13.6. The number of carbonyl (C=O) groups is 1. The van der Waals surface area contributed by atoms with Crippen LogP contribution in [0.5, 0.6) is 0 Å². The van der Waals surface area contributed by atoms with Crippen molar-refractivity contribution in [2.75, 3.05) is 24.5 Å². The number of H-pyrrole nitrogens is 1. The zero-order valence-corrected chi connectivity index (χ0v) is 20.8. The van der Waals surface area contributed by atoms with Crippen LogP contribution in [-0.2, 0) is 17.8 Å². The van der Waals surface area contributed by atoms with E-state index in [2.05, 4.69) is 28.1 Å². The largest absolute Gasteiger partial charge is 0.366 e. The van der Waals surface area contributed by atoms with E-state index >= 15 is 0 Å². The second kappa shape index (κ2) is 9.47. The number of aromatic amines is 1. The number of rotatable bonds is 3. The van der Waals surface area contributed by atoms with E-state index in [1.807, 2.05) is 53.4 Å². The number of pyridine rings is 1. The van der Waals surface area contributed by atoms with E-state index in [0.29, 0.717) is 23.8 Å². The standard InChI is InChI=1S/C30H28ClN3O2/c31-24-12-13-26-25(17-24)27(21-8-2-1-3-9-21)28(29(35)32-26)33-15-6-11-23(19-33)30(36)34-16-14-20-7-4-5-10-22(20)18-34/h1-5,7-10,12-13,17,23H,6,11,14-16,18-19H2,(H,32,35)/t23-/m0/s1. The first kappa shape index (κ1) is 22.9. The molecule has 6 heteroatoms. The molecule has 0 saturated carbocycles. The predicted octanol–water partition coefficient (Wildman–Crippen LogP) is 5.65. The SMILES string of the molecule is O=C([C@H]1CCCN(c2c(-c3ccccc3)c3cc(Cl)ccc3[nH]c2=O)C1)N1CCc2ccccc2C1. The molecule has 182 valence electrons. The molecule has 3 aromatic carbocycles. The van der Waals surface area contributed by atoms with Crippen LogP contribution in [-0.4, -0.2) is 35.4 Å². The number of halogens is 1. The number of anilines is 1. The molecule has 1 aromatic heterocycles. The van der Waals surface area contributed by atoms with Crippen LogP contribution in [0.3, 0.4) is 0 Å². The molecular formula is C30H28ClN3O2. The van der Waals surface area contributed by atoms with E-state index in [1.165, 1.54) is 11.1 Å². The zero-order valence-electron chi connectivity index (χ0n) is 20.0. The van der Waals surface area contributed by atoms with Gasteiger partial charge in [-0.3, -0.25) is 9.59 Å². The molecule has 1 fully saturated rings. The lowest BCUT2D eigenvalue weighted by atomic mass is 9.92. The number of aromatic nitrogens is 1. The number of hydrogen-bond donors (Lipinski definition) is 1. The minimum atomic E-state index is -0.137. The summed E-state index contributed by atoms with van der Waals surface area (Å²) in [7, 11) is 0. The summed E-state index contributed by atoms with van der Waals surface area (Å²) in [6, 6.07) is 23.9. The number of amides is 1. The molecule has 1 N–H and O–H groups in total. The van der Waals surface area contributed by atoms with E-state index in [0.717, 1.165) is 54.4 Å². The van der Waals surface area contributed by atoms with Gasteiger partial charge in [-0.05, 0) is 54.2 Å². The molecule has 4 aromatic rings. The smallest absolute Gasteiger partial charge is 0.272 e. The summed E-state index contributed by atoms with van der Waals surface area (Å²) in [6.07, 6.45) is 2.59. The van der Waals surface area contributed by atoms with Crippen LogP contribution in [0.4, 0.5) is 5.69 Å². The van der Waals surface area contributed by atoms with Crippen molar-refractivity contribution in [2.24, 2.45) is 5.92 Å². The number of benzene rings is 3. The van der Waals surface area contributed by atoms with Crippen LogP contribution in [0.25, 0.3) is 22.0 Å². The Bertz CT molecular complexity index is 1500. The number of piperidine rings is 1. The number of fused-ring (bicyclic) bond motifs is 2. The van der Waals surface area contributed by atoms with Crippen LogP contribution < -0.4 is 10.5 Å². The second-order valence-corrected chi connectivity index (χ2v) is 10.2. The van der Waals surface area contributed by atoms with Gasteiger partial charge in [-0.2, -0.15) is 0 Å². The quantitative estimate of drug-likeness (QED) is 0.398. The molecule has 1 saturated heterocycles. The highest BCUT2D eigenvalue weighted by Crippen LogP contribution is 2.37. The Hall–Kier alpha value is -3.57. The van der Waals surface area contributed by atoms with Crippen molar-refractivity contribution in [3.8, 4) is 11.1 Å². The van der Waals surface area contributed by atoms with Gasteiger partial charge in [-0.15, -0.1) is 0 Å². The molecule has 1 amide bonds. The van der Waals surface area contributed by atoms with Crippen molar-refractivity contribution in [3.63, 3.8) is 0 Å². The van der Waals surface area contributed by atoms with Gasteiger partial charge < -0.3 is 14.8 Å². The molecule has 1 atom stereocenters. The monoisotopic (exact) mass is 497 g/mol. The van der Waals surface area contributed by atoms with Crippen LogP contribution >= 0.6 is 11.6 Å². The van der Waals surface area contributed by atoms with Gasteiger partial charge in [0.15, 0.2) is 0 Å². The third kappa shape index (κ3) is 4.18. The highest BCUT2D eigenvalue weighted by atomic mass is 35.5. The van der Waals surface area contributed by atoms with Crippen molar-refractivity contribution in [1.29, 1.82) is 0 Å². The summed E-state index contributed by atoms with van der Waals surface area (Å²) in [5.74, 6) is 0.0535. The Morgan fingerprint density at radius 3 is 2.56 bits per heavy atom. The van der Waals surface area contributed by atoms with E-state index in [9.17, 15) is 9.59 Å². The summed E-state index contributed by atoms with van der Waals surface area (Å²) >= 11 is 6.39. The van der Waals surface area contributed by atoms with Crippen molar-refractivity contribution in [3.05, 3.63) is 99.3 Å². The van der Waals surface area contributed by atoms with Gasteiger partial charge in [0.05, 0.1) is 5.92 Å². The van der Waals surface area contributed by atoms with Gasteiger partial charge in [0, 0.05) is 47.7 Å². The maximum absolute atomic E-state index is 13.6. The lowest BCUT2D eigenvalue weighted by molar-refractivity contribution is -0.136. The molecule has 2 aliphatic heterocycles. The molecule has 0 unspecified atom stereocenters. The predicted molar refractivity (Wildman–Crippen MR) is 146 cm³/mol. The lowest BCUT2D eigenvalue weighted by Crippen LogP contribution is -2.47. The first-order valence-electron chi connectivity index (χ1n) is 12.6. The Morgan fingerprint density at radius 2 is 1.72 bits per heavy atom. The highest BCUT2D eigenvalue weighted by molar-refractivity contribution is 6.31. The summed E-state index contributed by atoms with van der Waals surface area (Å²) in [6.45, 7) is 2.68. The van der Waals surface area contributed by atoms with E-state index in [-0.39, 0.29) is 17.4 Å². The molecule has 0 spiro atoms. The Labute approximate surface area is 215 Å². The van der Waals surface area contributed by atoms with Gasteiger partial charge >= 0.3 is 0 Å². The fourth-order valence-corrected chi connectivity index (χ4v) is 5.95. The fraction of sp³-hybridized carbons (Fsp3) is 0.267. The third-order valence-corrected chi connectivity index (χ3v) is 7.78. The number of carbonyl (C=O) groups excluding carboxylic acids is 1. The van der Waals surface area contributed by atoms with E-state index in [4.69, 9.17) is 11.6 Å². The van der Waals surface area contributed by atoms with Gasteiger partial charge in [0.2, 0.25) is 5.91 Å². The topological polar surface area (TPSA) is 56.4 Å². The lowest BCUT2D eigenvalue weighted by Gasteiger charge is -2.38. The Morgan fingerprint density at radius 1 is 0.944 bits per heavy atom.